The van der Waals surface area contributed by atoms with Gasteiger partial charge in [-0.15, -0.1) is 11.3 Å². The molecule has 4 rings (SSSR count). The van der Waals surface area contributed by atoms with E-state index in [4.69, 9.17) is 0 Å². The molecular formula is C15H22N4OS. The first kappa shape index (κ1) is 13.7. The van der Waals surface area contributed by atoms with E-state index >= 15 is 0 Å². The molecule has 0 saturated carbocycles. The number of anilines is 1. The molecule has 2 fully saturated rings. The second kappa shape index (κ2) is 5.66. The van der Waals surface area contributed by atoms with Gasteiger partial charge in [0.2, 0.25) is 5.91 Å². The second-order valence-corrected chi connectivity index (χ2v) is 7.45. The topological polar surface area (TPSA) is 57.3 Å². The van der Waals surface area contributed by atoms with Crippen molar-refractivity contribution in [3.8, 4) is 0 Å². The van der Waals surface area contributed by atoms with E-state index in [1.165, 1.54) is 29.8 Å². The van der Waals surface area contributed by atoms with Gasteiger partial charge < -0.3 is 10.6 Å². The highest BCUT2D eigenvalue weighted by molar-refractivity contribution is 7.15. The van der Waals surface area contributed by atoms with Gasteiger partial charge >= 0.3 is 0 Å². The average molecular weight is 306 g/mol. The zero-order valence-corrected chi connectivity index (χ0v) is 13.0. The molecule has 3 aliphatic rings. The minimum atomic E-state index is 0.0913. The van der Waals surface area contributed by atoms with Crippen LogP contribution in [0.25, 0.3) is 0 Å². The molecule has 21 heavy (non-hydrogen) atoms. The summed E-state index contributed by atoms with van der Waals surface area (Å²) in [6, 6.07) is 0.547. The van der Waals surface area contributed by atoms with Crippen LogP contribution in [0.4, 0.5) is 5.13 Å². The Morgan fingerprint density at radius 2 is 2.38 bits per heavy atom. The Bertz CT molecular complexity index is 522. The Morgan fingerprint density at radius 3 is 3.29 bits per heavy atom. The first-order valence-corrected chi connectivity index (χ1v) is 8.84. The van der Waals surface area contributed by atoms with E-state index in [0.717, 1.165) is 43.5 Å². The molecule has 5 nitrogen and oxygen atoms in total. The molecule has 3 heterocycles. The summed E-state index contributed by atoms with van der Waals surface area (Å²) in [5, 5.41) is 7.25. The number of carbonyl (C=O) groups excluding carboxylic acids is 1. The molecule has 2 N–H and O–H groups in total. The van der Waals surface area contributed by atoms with Crippen molar-refractivity contribution < 1.29 is 4.79 Å². The Morgan fingerprint density at radius 1 is 1.43 bits per heavy atom. The third-order valence-corrected chi connectivity index (χ3v) is 6.11. The number of piperidine rings is 1. The summed E-state index contributed by atoms with van der Waals surface area (Å²) >= 11 is 1.66. The molecule has 1 aromatic rings. The molecule has 2 atom stereocenters. The van der Waals surface area contributed by atoms with E-state index in [0.29, 0.717) is 12.6 Å². The smallest absolute Gasteiger partial charge is 0.240 e. The molecule has 6 heteroatoms. The fourth-order valence-corrected chi connectivity index (χ4v) is 5.01. The zero-order valence-electron chi connectivity index (χ0n) is 12.2. The average Bonchev–Trinajstić information content (AvgIpc) is 3.14. The molecule has 1 aliphatic carbocycles. The number of rotatable bonds is 3. The summed E-state index contributed by atoms with van der Waals surface area (Å²) < 4.78 is 0. The number of nitrogens with zero attached hydrogens (tertiary/aromatic N) is 2. The number of aromatic nitrogens is 1. The molecule has 0 bridgehead atoms. The van der Waals surface area contributed by atoms with Crippen molar-refractivity contribution in [1.29, 1.82) is 0 Å². The van der Waals surface area contributed by atoms with Crippen LogP contribution >= 0.6 is 11.3 Å². The SMILES string of the molecule is O=C(CN1CCC2CCNCC21)Nc1nc2c(s1)CCC2. The lowest BCUT2D eigenvalue weighted by Crippen LogP contribution is -2.47. The predicted molar refractivity (Wildman–Crippen MR) is 83.7 cm³/mol. The van der Waals surface area contributed by atoms with Gasteiger partial charge in [-0.05, 0) is 51.1 Å². The largest absolute Gasteiger partial charge is 0.315 e. The summed E-state index contributed by atoms with van der Waals surface area (Å²) in [4.78, 5) is 20.5. The van der Waals surface area contributed by atoms with E-state index in [-0.39, 0.29) is 5.91 Å². The van der Waals surface area contributed by atoms with Crippen molar-refractivity contribution in [1.82, 2.24) is 15.2 Å². The Hall–Kier alpha value is -0.980. The van der Waals surface area contributed by atoms with Gasteiger partial charge in [-0.2, -0.15) is 0 Å². The lowest BCUT2D eigenvalue weighted by Gasteiger charge is -2.31. The summed E-state index contributed by atoms with van der Waals surface area (Å²) in [6.45, 7) is 3.72. The number of hydrogen-bond donors (Lipinski definition) is 2. The van der Waals surface area contributed by atoms with Gasteiger partial charge in [-0.1, -0.05) is 0 Å². The van der Waals surface area contributed by atoms with E-state index in [9.17, 15) is 4.79 Å². The molecule has 2 aliphatic heterocycles. The van der Waals surface area contributed by atoms with Gasteiger partial charge in [0.25, 0.3) is 0 Å². The summed E-state index contributed by atoms with van der Waals surface area (Å²) in [5.41, 5.74) is 1.20. The number of hydrogen-bond acceptors (Lipinski definition) is 5. The number of fused-ring (bicyclic) bond motifs is 2. The van der Waals surface area contributed by atoms with E-state index in [1.54, 1.807) is 11.3 Å². The first-order valence-electron chi connectivity index (χ1n) is 8.03. The fraction of sp³-hybridized carbons (Fsp3) is 0.733. The van der Waals surface area contributed by atoms with Crippen LogP contribution in [-0.4, -0.2) is 48.0 Å². The van der Waals surface area contributed by atoms with Gasteiger partial charge in [-0.25, -0.2) is 4.98 Å². The van der Waals surface area contributed by atoms with Crippen molar-refractivity contribution in [3.05, 3.63) is 10.6 Å². The molecule has 0 aromatic carbocycles. The van der Waals surface area contributed by atoms with Gasteiger partial charge in [-0.3, -0.25) is 9.69 Å². The van der Waals surface area contributed by atoms with Crippen LogP contribution in [0.5, 0.6) is 0 Å². The summed E-state index contributed by atoms with van der Waals surface area (Å²) in [6.07, 6.45) is 5.91. The number of likely N-dealkylation sites (tertiary alicyclic amines) is 1. The fourth-order valence-electron chi connectivity index (χ4n) is 3.94. The normalized spacial score (nSPS) is 28.4. The molecule has 1 amide bonds. The lowest BCUT2D eigenvalue weighted by atomic mass is 9.93. The van der Waals surface area contributed by atoms with Crippen molar-refractivity contribution in [2.24, 2.45) is 5.92 Å². The van der Waals surface area contributed by atoms with Crippen LogP contribution in [0, 0.1) is 5.92 Å². The monoisotopic (exact) mass is 306 g/mol. The van der Waals surface area contributed by atoms with Crippen LogP contribution in [0.1, 0.15) is 29.8 Å². The summed E-state index contributed by atoms with van der Waals surface area (Å²) in [7, 11) is 0. The molecule has 2 saturated heterocycles. The quantitative estimate of drug-likeness (QED) is 0.882. The molecule has 0 radical (unpaired) electrons. The van der Waals surface area contributed by atoms with E-state index in [2.05, 4.69) is 20.5 Å². The zero-order chi connectivity index (χ0) is 14.2. The van der Waals surface area contributed by atoms with E-state index < -0.39 is 0 Å². The molecule has 0 spiro atoms. The maximum absolute atomic E-state index is 12.3. The van der Waals surface area contributed by atoms with Crippen LogP contribution < -0.4 is 10.6 Å². The highest BCUT2D eigenvalue weighted by Crippen LogP contribution is 2.31. The molecule has 1 aromatic heterocycles. The van der Waals surface area contributed by atoms with E-state index in [1.807, 2.05) is 0 Å². The number of nitrogens with one attached hydrogen (secondary N) is 2. The Balaban J connectivity index is 1.35. The second-order valence-electron chi connectivity index (χ2n) is 6.37. The third kappa shape index (κ3) is 2.72. The van der Waals surface area contributed by atoms with Gasteiger partial charge in [0.1, 0.15) is 0 Å². The highest BCUT2D eigenvalue weighted by Gasteiger charge is 2.36. The van der Waals surface area contributed by atoms with Crippen molar-refractivity contribution in [2.75, 3.05) is 31.5 Å². The van der Waals surface area contributed by atoms with Gasteiger partial charge in [0, 0.05) is 17.5 Å². The predicted octanol–water partition coefficient (Wildman–Crippen LogP) is 1.25. The molecule has 114 valence electrons. The molecular weight excluding hydrogens is 284 g/mol. The minimum Gasteiger partial charge on any atom is -0.315 e. The molecule has 2 unspecified atom stereocenters. The lowest BCUT2D eigenvalue weighted by molar-refractivity contribution is -0.117. The van der Waals surface area contributed by atoms with Crippen LogP contribution in [0.3, 0.4) is 0 Å². The maximum atomic E-state index is 12.3. The van der Waals surface area contributed by atoms with Crippen molar-refractivity contribution in [2.45, 2.75) is 38.1 Å². The standard InChI is InChI=1S/C15H22N4OS/c20-14(18-15-17-11-2-1-3-13(11)21-15)9-19-7-5-10-4-6-16-8-12(10)19/h10,12,16H,1-9H2,(H,17,18,20). The highest BCUT2D eigenvalue weighted by atomic mass is 32.1. The van der Waals surface area contributed by atoms with Crippen LogP contribution in [0.2, 0.25) is 0 Å². The van der Waals surface area contributed by atoms with Gasteiger partial charge in [0.05, 0.1) is 12.2 Å². The Kier molecular flexibility index (Phi) is 3.69. The summed E-state index contributed by atoms with van der Waals surface area (Å²) in [5.74, 6) is 0.872. The van der Waals surface area contributed by atoms with Crippen molar-refractivity contribution in [3.63, 3.8) is 0 Å². The van der Waals surface area contributed by atoms with Crippen LogP contribution in [0.15, 0.2) is 0 Å². The van der Waals surface area contributed by atoms with Crippen LogP contribution in [-0.2, 0) is 17.6 Å². The maximum Gasteiger partial charge on any atom is 0.240 e. The third-order valence-electron chi connectivity index (χ3n) is 5.03. The number of aryl methyl sites for hydroxylation is 2. The number of thiazole rings is 1. The number of amides is 1. The Labute approximate surface area is 129 Å². The number of carbonyl (C=O) groups is 1. The minimum absolute atomic E-state index is 0.0913. The van der Waals surface area contributed by atoms with Gasteiger partial charge in [0.15, 0.2) is 5.13 Å². The first-order chi connectivity index (χ1) is 10.3. The van der Waals surface area contributed by atoms with Crippen molar-refractivity contribution >= 4 is 22.4 Å².